The lowest BCUT2D eigenvalue weighted by molar-refractivity contribution is -0.384. The summed E-state index contributed by atoms with van der Waals surface area (Å²) in [5.74, 6) is 0.733. The van der Waals surface area contributed by atoms with Crippen LogP contribution in [0.2, 0.25) is 0 Å². The van der Waals surface area contributed by atoms with Gasteiger partial charge in [-0.1, -0.05) is 38.1 Å². The fraction of sp³-hybridized carbons (Fsp3) is 0.208. The number of hydrogen-bond donors (Lipinski definition) is 2. The van der Waals surface area contributed by atoms with Gasteiger partial charge in [0.25, 0.3) is 11.6 Å². The van der Waals surface area contributed by atoms with Gasteiger partial charge in [-0.25, -0.2) is 0 Å². The van der Waals surface area contributed by atoms with E-state index in [2.05, 4.69) is 24.5 Å². The van der Waals surface area contributed by atoms with Gasteiger partial charge in [0.2, 0.25) is 0 Å². The largest absolute Gasteiger partial charge is 0.497 e. The molecule has 31 heavy (non-hydrogen) atoms. The molecule has 0 aliphatic heterocycles. The van der Waals surface area contributed by atoms with Gasteiger partial charge < -0.3 is 15.4 Å². The highest BCUT2D eigenvalue weighted by Gasteiger charge is 2.18. The van der Waals surface area contributed by atoms with Crippen LogP contribution < -0.4 is 15.4 Å². The number of nitro groups is 1. The van der Waals surface area contributed by atoms with Gasteiger partial charge in [0, 0.05) is 23.9 Å². The van der Waals surface area contributed by atoms with Crippen LogP contribution in [0.4, 0.5) is 17.1 Å². The van der Waals surface area contributed by atoms with Crippen molar-refractivity contribution >= 4 is 23.0 Å². The molecule has 0 spiro atoms. The first-order valence-corrected chi connectivity index (χ1v) is 9.94. The fourth-order valence-corrected chi connectivity index (χ4v) is 3.07. The molecule has 160 valence electrons. The molecule has 0 aliphatic carbocycles. The Hall–Kier alpha value is -3.87. The summed E-state index contributed by atoms with van der Waals surface area (Å²) in [6.07, 6.45) is 0. The molecule has 0 saturated carbocycles. The molecule has 3 aromatic rings. The second kappa shape index (κ2) is 9.75. The number of ether oxygens (including phenoxy) is 1. The van der Waals surface area contributed by atoms with Crippen LogP contribution in [0.3, 0.4) is 0 Å². The summed E-state index contributed by atoms with van der Waals surface area (Å²) >= 11 is 0. The average molecular weight is 419 g/mol. The third kappa shape index (κ3) is 5.60. The molecule has 7 nitrogen and oxygen atoms in total. The van der Waals surface area contributed by atoms with Crippen molar-refractivity contribution in [1.82, 2.24) is 0 Å². The predicted octanol–water partition coefficient (Wildman–Crippen LogP) is 5.59. The first kappa shape index (κ1) is 21.8. The molecule has 3 rings (SSSR count). The zero-order valence-electron chi connectivity index (χ0n) is 17.7. The first-order chi connectivity index (χ1) is 14.9. The van der Waals surface area contributed by atoms with Crippen LogP contribution in [0.15, 0.2) is 66.7 Å². The number of hydrogen-bond acceptors (Lipinski definition) is 5. The summed E-state index contributed by atoms with van der Waals surface area (Å²) in [7, 11) is 1.59. The van der Waals surface area contributed by atoms with E-state index in [4.69, 9.17) is 4.74 Å². The van der Waals surface area contributed by atoms with Gasteiger partial charge in [-0.05, 0) is 53.4 Å². The summed E-state index contributed by atoms with van der Waals surface area (Å²) in [6.45, 7) is 4.59. The minimum absolute atomic E-state index is 0.156. The zero-order valence-corrected chi connectivity index (χ0v) is 17.7. The minimum atomic E-state index is -0.495. The lowest BCUT2D eigenvalue weighted by Crippen LogP contribution is -2.13. The van der Waals surface area contributed by atoms with E-state index in [1.165, 1.54) is 11.6 Å². The predicted molar refractivity (Wildman–Crippen MR) is 122 cm³/mol. The number of nitro benzene ring substituents is 1. The van der Waals surface area contributed by atoms with Crippen LogP contribution in [0.5, 0.6) is 5.75 Å². The molecule has 0 radical (unpaired) electrons. The van der Waals surface area contributed by atoms with E-state index >= 15 is 0 Å². The molecule has 0 bridgehead atoms. The Morgan fingerprint density at radius 2 is 1.71 bits per heavy atom. The van der Waals surface area contributed by atoms with Crippen LogP contribution >= 0.6 is 0 Å². The summed E-state index contributed by atoms with van der Waals surface area (Å²) < 4.78 is 5.13. The fourth-order valence-electron chi connectivity index (χ4n) is 3.07. The number of nitrogens with zero attached hydrogens (tertiary/aromatic N) is 1. The second-order valence-corrected chi connectivity index (χ2v) is 7.42. The summed E-state index contributed by atoms with van der Waals surface area (Å²) in [5.41, 5.74) is 3.16. The Morgan fingerprint density at radius 1 is 1.03 bits per heavy atom. The normalized spacial score (nSPS) is 10.6. The molecule has 2 N–H and O–H groups in total. The summed E-state index contributed by atoms with van der Waals surface area (Å²) in [6, 6.07) is 19.4. The van der Waals surface area contributed by atoms with Gasteiger partial charge in [0.15, 0.2) is 0 Å². The van der Waals surface area contributed by atoms with Gasteiger partial charge in [0.05, 0.1) is 12.0 Å². The minimum Gasteiger partial charge on any atom is -0.497 e. The topological polar surface area (TPSA) is 93.5 Å². The highest BCUT2D eigenvalue weighted by Crippen LogP contribution is 2.27. The zero-order chi connectivity index (χ0) is 22.4. The van der Waals surface area contributed by atoms with E-state index in [1.807, 2.05) is 48.5 Å². The molecule has 3 aromatic carbocycles. The highest BCUT2D eigenvalue weighted by molar-refractivity contribution is 6.05. The first-order valence-electron chi connectivity index (χ1n) is 9.94. The number of benzene rings is 3. The smallest absolute Gasteiger partial charge is 0.293 e. The van der Waals surface area contributed by atoms with Crippen LogP contribution in [0, 0.1) is 10.1 Å². The van der Waals surface area contributed by atoms with E-state index in [0.717, 1.165) is 11.3 Å². The molecule has 0 heterocycles. The van der Waals surface area contributed by atoms with Gasteiger partial charge >= 0.3 is 0 Å². The van der Waals surface area contributed by atoms with E-state index in [9.17, 15) is 14.9 Å². The van der Waals surface area contributed by atoms with Crippen LogP contribution in [-0.4, -0.2) is 17.9 Å². The lowest BCUT2D eigenvalue weighted by atomic mass is 10.0. The van der Waals surface area contributed by atoms with Crippen molar-refractivity contribution in [2.45, 2.75) is 26.3 Å². The molecule has 7 heteroatoms. The SMILES string of the molecule is COc1ccc(CNc2ccc(C(=O)Nc3ccc(C(C)C)cc3)cc2[N+](=O)[O-])cc1. The molecule has 0 saturated heterocycles. The third-order valence-electron chi connectivity index (χ3n) is 4.93. The summed E-state index contributed by atoms with van der Waals surface area (Å²) in [5, 5.41) is 17.4. The van der Waals surface area contributed by atoms with E-state index in [-0.39, 0.29) is 11.3 Å². The maximum atomic E-state index is 12.6. The molecule has 0 aliphatic rings. The Bertz CT molecular complexity index is 1060. The molecular formula is C24H25N3O4. The van der Waals surface area contributed by atoms with E-state index in [1.54, 1.807) is 19.2 Å². The van der Waals surface area contributed by atoms with Crippen LogP contribution in [0.1, 0.15) is 41.3 Å². The maximum absolute atomic E-state index is 12.6. The van der Waals surface area contributed by atoms with Gasteiger partial charge in [-0.3, -0.25) is 14.9 Å². The van der Waals surface area contributed by atoms with Gasteiger partial charge in [-0.2, -0.15) is 0 Å². The maximum Gasteiger partial charge on any atom is 0.293 e. The van der Waals surface area contributed by atoms with Gasteiger partial charge in [0.1, 0.15) is 11.4 Å². The number of methoxy groups -OCH3 is 1. The summed E-state index contributed by atoms with van der Waals surface area (Å²) in [4.78, 5) is 23.7. The quantitative estimate of drug-likeness (QED) is 0.367. The second-order valence-electron chi connectivity index (χ2n) is 7.42. The number of carbonyl (C=O) groups excluding carboxylic acids is 1. The molecular weight excluding hydrogens is 394 g/mol. The van der Waals surface area contributed by atoms with Crippen molar-refractivity contribution in [3.05, 3.63) is 93.5 Å². The van der Waals surface area contributed by atoms with Crippen LogP contribution in [-0.2, 0) is 6.54 Å². The molecule has 0 atom stereocenters. The van der Waals surface area contributed by atoms with Crippen molar-refractivity contribution in [3.63, 3.8) is 0 Å². The Morgan fingerprint density at radius 3 is 2.29 bits per heavy atom. The number of nitrogens with one attached hydrogen (secondary N) is 2. The average Bonchev–Trinajstić information content (AvgIpc) is 2.78. The number of anilines is 2. The van der Waals surface area contributed by atoms with E-state index < -0.39 is 10.8 Å². The Labute approximate surface area is 181 Å². The number of carbonyl (C=O) groups is 1. The highest BCUT2D eigenvalue weighted by atomic mass is 16.6. The molecule has 0 unspecified atom stereocenters. The monoisotopic (exact) mass is 419 g/mol. The van der Waals surface area contributed by atoms with Gasteiger partial charge in [-0.15, -0.1) is 0 Å². The van der Waals surface area contributed by atoms with Crippen molar-refractivity contribution in [3.8, 4) is 5.75 Å². The standard InChI is InChI=1S/C24H25N3O4/c1-16(2)18-6-9-20(10-7-18)26-24(28)19-8-13-22(23(14-19)27(29)30)25-15-17-4-11-21(31-3)12-5-17/h4-14,16,25H,15H2,1-3H3,(H,26,28). The lowest BCUT2D eigenvalue weighted by Gasteiger charge is -2.11. The molecule has 0 fully saturated rings. The molecule has 0 aromatic heterocycles. The van der Waals surface area contributed by atoms with E-state index in [0.29, 0.717) is 23.8 Å². The Kier molecular flexibility index (Phi) is 6.87. The third-order valence-corrected chi connectivity index (χ3v) is 4.93. The van der Waals surface area contributed by atoms with Crippen molar-refractivity contribution in [2.75, 3.05) is 17.7 Å². The Balaban J connectivity index is 1.72. The van der Waals surface area contributed by atoms with Crippen molar-refractivity contribution in [1.29, 1.82) is 0 Å². The van der Waals surface area contributed by atoms with Crippen LogP contribution in [0.25, 0.3) is 0 Å². The van der Waals surface area contributed by atoms with Crippen molar-refractivity contribution < 1.29 is 14.5 Å². The number of rotatable bonds is 8. The molecule has 1 amide bonds. The number of amides is 1. The van der Waals surface area contributed by atoms with Crippen molar-refractivity contribution in [2.24, 2.45) is 0 Å².